The maximum atomic E-state index is 12.4. The fraction of sp³-hybridized carbons (Fsp3) is 0.250. The lowest BCUT2D eigenvalue weighted by atomic mass is 9.95. The molecule has 3 rings (SSSR count). The normalized spacial score (nSPS) is 20.1. The molecule has 0 fully saturated rings. The molecule has 102 valence electrons. The zero-order valence-electron chi connectivity index (χ0n) is 11.3. The molecule has 0 bridgehead atoms. The van der Waals surface area contributed by atoms with Crippen LogP contribution >= 0.6 is 0 Å². The molecule has 2 aromatic rings. The van der Waals surface area contributed by atoms with E-state index in [1.165, 1.54) is 0 Å². The highest BCUT2D eigenvalue weighted by atomic mass is 16.1. The van der Waals surface area contributed by atoms with Gasteiger partial charge >= 0.3 is 0 Å². The average Bonchev–Trinajstić information content (AvgIpc) is 2.82. The minimum absolute atomic E-state index is 0.0544. The van der Waals surface area contributed by atoms with Crippen molar-refractivity contribution in [2.45, 2.75) is 25.4 Å². The van der Waals surface area contributed by atoms with Gasteiger partial charge in [-0.2, -0.15) is 0 Å². The fourth-order valence-corrected chi connectivity index (χ4v) is 2.67. The molecule has 0 saturated heterocycles. The van der Waals surface area contributed by atoms with E-state index < -0.39 is 0 Å². The molecule has 2 unspecified atom stereocenters. The topological polar surface area (TPSA) is 54.0 Å². The van der Waals surface area contributed by atoms with Crippen LogP contribution in [0.15, 0.2) is 48.8 Å². The second-order valence-corrected chi connectivity index (χ2v) is 5.08. The van der Waals surface area contributed by atoms with Crippen LogP contribution in [0.25, 0.3) is 0 Å². The number of aromatic nitrogens is 1. The van der Waals surface area contributed by atoms with Gasteiger partial charge in [-0.1, -0.05) is 24.3 Å². The van der Waals surface area contributed by atoms with Gasteiger partial charge in [-0.15, -0.1) is 0 Å². The maximum absolute atomic E-state index is 12.4. The number of hydrogen-bond donors (Lipinski definition) is 2. The zero-order valence-corrected chi connectivity index (χ0v) is 11.3. The van der Waals surface area contributed by atoms with Crippen LogP contribution in [0.3, 0.4) is 0 Å². The molecule has 1 aromatic heterocycles. The van der Waals surface area contributed by atoms with E-state index in [2.05, 4.69) is 15.6 Å². The van der Waals surface area contributed by atoms with Gasteiger partial charge in [0.2, 0.25) is 5.91 Å². The standard InChI is InChI=1S/C16H17N3O/c1-11-15(13-6-2-3-7-14(13)19-11)16(20)18-10-12-5-4-8-17-9-12/h2-9,11,15,19H,10H2,1H3,(H,18,20). The first-order valence-corrected chi connectivity index (χ1v) is 6.78. The third-order valence-electron chi connectivity index (χ3n) is 3.65. The summed E-state index contributed by atoms with van der Waals surface area (Å²) < 4.78 is 0. The van der Waals surface area contributed by atoms with Crippen LogP contribution in [0.2, 0.25) is 0 Å². The Bertz CT molecular complexity index is 612. The number of benzene rings is 1. The number of carbonyl (C=O) groups is 1. The quantitative estimate of drug-likeness (QED) is 0.897. The van der Waals surface area contributed by atoms with Gasteiger partial charge in [-0.05, 0) is 30.2 Å². The molecule has 1 aliphatic heterocycles. The van der Waals surface area contributed by atoms with Crippen molar-refractivity contribution in [1.82, 2.24) is 10.3 Å². The van der Waals surface area contributed by atoms with E-state index in [4.69, 9.17) is 0 Å². The Kier molecular flexibility index (Phi) is 3.37. The minimum atomic E-state index is -0.136. The Labute approximate surface area is 118 Å². The highest BCUT2D eigenvalue weighted by Crippen LogP contribution is 2.35. The SMILES string of the molecule is CC1Nc2ccccc2C1C(=O)NCc1cccnc1. The number of fused-ring (bicyclic) bond motifs is 1. The van der Waals surface area contributed by atoms with E-state index in [1.807, 2.05) is 43.3 Å². The van der Waals surface area contributed by atoms with Crippen molar-refractivity contribution in [3.8, 4) is 0 Å². The number of pyridine rings is 1. The molecule has 1 amide bonds. The third-order valence-corrected chi connectivity index (χ3v) is 3.65. The first-order valence-electron chi connectivity index (χ1n) is 6.78. The summed E-state index contributed by atoms with van der Waals surface area (Å²) in [4.78, 5) is 16.5. The number of para-hydroxylation sites is 1. The van der Waals surface area contributed by atoms with Crippen LogP contribution in [0.4, 0.5) is 5.69 Å². The van der Waals surface area contributed by atoms with E-state index in [0.717, 1.165) is 16.8 Å². The van der Waals surface area contributed by atoms with Gasteiger partial charge in [-0.3, -0.25) is 9.78 Å². The van der Waals surface area contributed by atoms with Crippen LogP contribution in [-0.4, -0.2) is 16.9 Å². The third kappa shape index (κ3) is 2.37. The van der Waals surface area contributed by atoms with E-state index in [1.54, 1.807) is 12.4 Å². The summed E-state index contributed by atoms with van der Waals surface area (Å²) in [6.07, 6.45) is 3.50. The molecule has 0 spiro atoms. The molecule has 2 heterocycles. The smallest absolute Gasteiger partial charge is 0.229 e. The van der Waals surface area contributed by atoms with Gasteiger partial charge in [0.1, 0.15) is 0 Å². The van der Waals surface area contributed by atoms with Crippen LogP contribution < -0.4 is 10.6 Å². The van der Waals surface area contributed by atoms with Crippen molar-refractivity contribution in [2.75, 3.05) is 5.32 Å². The molecule has 20 heavy (non-hydrogen) atoms. The molecular weight excluding hydrogens is 250 g/mol. The van der Waals surface area contributed by atoms with Crippen LogP contribution in [0, 0.1) is 0 Å². The molecular formula is C16H17N3O. The number of nitrogens with one attached hydrogen (secondary N) is 2. The summed E-state index contributed by atoms with van der Waals surface area (Å²) in [5, 5.41) is 6.35. The van der Waals surface area contributed by atoms with Crippen molar-refractivity contribution in [1.29, 1.82) is 0 Å². The highest BCUT2D eigenvalue weighted by Gasteiger charge is 2.34. The van der Waals surface area contributed by atoms with Gasteiger partial charge < -0.3 is 10.6 Å². The summed E-state index contributed by atoms with van der Waals surface area (Å²) in [6, 6.07) is 11.9. The Morgan fingerprint density at radius 1 is 1.30 bits per heavy atom. The molecule has 4 heteroatoms. The first-order chi connectivity index (χ1) is 9.75. The summed E-state index contributed by atoms with van der Waals surface area (Å²) in [5.41, 5.74) is 3.14. The van der Waals surface area contributed by atoms with Crippen molar-refractivity contribution < 1.29 is 4.79 Å². The average molecular weight is 267 g/mol. The Hall–Kier alpha value is -2.36. The number of anilines is 1. The molecule has 1 aliphatic rings. The summed E-state index contributed by atoms with van der Waals surface area (Å²) in [7, 11) is 0. The van der Waals surface area contributed by atoms with Gasteiger partial charge in [0, 0.05) is 30.7 Å². The predicted molar refractivity (Wildman–Crippen MR) is 78.4 cm³/mol. The van der Waals surface area contributed by atoms with Crippen LogP contribution in [0.5, 0.6) is 0 Å². The lowest BCUT2D eigenvalue weighted by Crippen LogP contribution is -2.33. The van der Waals surface area contributed by atoms with Crippen molar-refractivity contribution in [3.63, 3.8) is 0 Å². The van der Waals surface area contributed by atoms with Crippen LogP contribution in [-0.2, 0) is 11.3 Å². The van der Waals surface area contributed by atoms with Gasteiger partial charge in [0.15, 0.2) is 0 Å². The Morgan fingerprint density at radius 3 is 2.95 bits per heavy atom. The zero-order chi connectivity index (χ0) is 13.9. The van der Waals surface area contributed by atoms with Gasteiger partial charge in [0.25, 0.3) is 0 Å². The monoisotopic (exact) mass is 267 g/mol. The highest BCUT2D eigenvalue weighted by molar-refractivity contribution is 5.88. The molecule has 1 aromatic carbocycles. The number of hydrogen-bond acceptors (Lipinski definition) is 3. The summed E-state index contributed by atoms with van der Waals surface area (Å²) in [5.74, 6) is -0.0818. The molecule has 2 N–H and O–H groups in total. The van der Waals surface area contributed by atoms with E-state index >= 15 is 0 Å². The van der Waals surface area contributed by atoms with Crippen molar-refractivity contribution in [2.24, 2.45) is 0 Å². The van der Waals surface area contributed by atoms with Gasteiger partial charge in [0.05, 0.1) is 5.92 Å². The second-order valence-electron chi connectivity index (χ2n) is 5.08. The van der Waals surface area contributed by atoms with Gasteiger partial charge in [-0.25, -0.2) is 0 Å². The number of nitrogens with zero attached hydrogens (tertiary/aromatic N) is 1. The van der Waals surface area contributed by atoms with E-state index in [9.17, 15) is 4.79 Å². The predicted octanol–water partition coefficient (Wildman–Crippen LogP) is 2.30. The van der Waals surface area contributed by atoms with E-state index in [-0.39, 0.29) is 17.9 Å². The lowest BCUT2D eigenvalue weighted by Gasteiger charge is -2.16. The fourth-order valence-electron chi connectivity index (χ4n) is 2.67. The maximum Gasteiger partial charge on any atom is 0.229 e. The number of amides is 1. The largest absolute Gasteiger partial charge is 0.381 e. The molecule has 0 saturated carbocycles. The molecule has 0 aliphatic carbocycles. The first kappa shape index (κ1) is 12.7. The van der Waals surface area contributed by atoms with Crippen LogP contribution in [0.1, 0.15) is 24.0 Å². The van der Waals surface area contributed by atoms with E-state index in [0.29, 0.717) is 6.54 Å². The summed E-state index contributed by atoms with van der Waals surface area (Å²) >= 11 is 0. The molecule has 4 nitrogen and oxygen atoms in total. The van der Waals surface area contributed by atoms with Crippen molar-refractivity contribution in [3.05, 3.63) is 59.9 Å². The summed E-state index contributed by atoms with van der Waals surface area (Å²) in [6.45, 7) is 2.55. The lowest BCUT2D eigenvalue weighted by molar-refractivity contribution is -0.122. The molecule has 0 radical (unpaired) electrons. The molecule has 2 atom stereocenters. The number of rotatable bonds is 3. The minimum Gasteiger partial charge on any atom is -0.381 e. The van der Waals surface area contributed by atoms with Crippen molar-refractivity contribution >= 4 is 11.6 Å². The number of carbonyl (C=O) groups excluding carboxylic acids is 1. The Balaban J connectivity index is 1.71. The second kappa shape index (κ2) is 5.33. The Morgan fingerprint density at radius 2 is 2.15 bits per heavy atom.